The van der Waals surface area contributed by atoms with Gasteiger partial charge in [0.25, 0.3) is 0 Å². The van der Waals surface area contributed by atoms with Gasteiger partial charge in [-0.3, -0.25) is 9.98 Å². The van der Waals surface area contributed by atoms with Crippen molar-refractivity contribution >= 4 is 23.8 Å². The number of benzene rings is 2. The number of hydrogen-bond donors (Lipinski definition) is 0. The second kappa shape index (κ2) is 26.0. The molecule has 0 atom stereocenters. The van der Waals surface area contributed by atoms with E-state index in [9.17, 15) is 0 Å². The second-order valence-electron chi connectivity index (χ2n) is 20.6. The van der Waals surface area contributed by atoms with Crippen LogP contribution in [0.25, 0.3) is 0 Å². The number of pyridine rings is 1. The van der Waals surface area contributed by atoms with Crippen LogP contribution in [0.15, 0.2) is 46.4 Å². The van der Waals surface area contributed by atoms with E-state index >= 15 is 0 Å². The van der Waals surface area contributed by atoms with Gasteiger partial charge >= 0.3 is 17.1 Å². The van der Waals surface area contributed by atoms with Crippen molar-refractivity contribution in [3.63, 3.8) is 0 Å². The molecule has 0 aliphatic heterocycles. The van der Waals surface area contributed by atoms with Crippen LogP contribution in [0.2, 0.25) is 0 Å². The molecule has 345 valence electrons. The number of nitrogens with zero attached hydrogens (tertiary/aromatic N) is 3. The molecule has 6 saturated carbocycles. The average Bonchev–Trinajstić information content (AvgIpc) is 3.31. The third-order valence-corrected chi connectivity index (χ3v) is 16.4. The predicted octanol–water partition coefficient (Wildman–Crippen LogP) is 8.19. The Balaban J connectivity index is 0.00000187. The molecule has 0 amide bonds. The van der Waals surface area contributed by atoms with Crippen LogP contribution < -0.4 is 37.2 Å². The van der Waals surface area contributed by atoms with Crippen LogP contribution >= 0.6 is 0 Å². The first kappa shape index (κ1) is 52.3. The maximum atomic E-state index is 5.59. The van der Waals surface area contributed by atoms with E-state index in [0.717, 1.165) is 23.2 Å². The fourth-order valence-corrected chi connectivity index (χ4v) is 13.1. The van der Waals surface area contributed by atoms with Gasteiger partial charge in [0.1, 0.15) is 0 Å². The van der Waals surface area contributed by atoms with Crippen LogP contribution in [-0.4, -0.2) is 17.4 Å². The van der Waals surface area contributed by atoms with E-state index in [1.807, 2.05) is 0 Å². The first-order valence-corrected chi connectivity index (χ1v) is 25.6. The summed E-state index contributed by atoms with van der Waals surface area (Å²) in [6.07, 6.45) is 45.1. The first-order valence-electron chi connectivity index (χ1n) is 25.6. The summed E-state index contributed by atoms with van der Waals surface area (Å²) in [4.78, 5) is 16.5. The largest absolute Gasteiger partial charge is 3.00 e. The fraction of sp³-hybridized carbons (Fsp3) is 0.661. The molecule has 0 bridgehead atoms. The molecule has 7 heteroatoms. The van der Waals surface area contributed by atoms with Crippen molar-refractivity contribution < 1.29 is 54.3 Å². The summed E-state index contributed by atoms with van der Waals surface area (Å²) < 4.78 is 0. The van der Waals surface area contributed by atoms with Gasteiger partial charge in [-0.2, -0.15) is 0 Å². The molecule has 0 N–H and O–H groups in total. The Bertz CT molecular complexity index is 1690. The fourth-order valence-electron chi connectivity index (χ4n) is 13.1. The van der Waals surface area contributed by atoms with Crippen molar-refractivity contribution in [3.05, 3.63) is 86.7 Å². The Morgan fingerprint density at radius 1 is 0.365 bits per heavy atom. The zero-order chi connectivity index (χ0) is 39.8. The SMILES string of the molecule is Cc1cc(C=Nc2c(C3CCCCC3)cc(C3CCCCC3)cc2C2CCCCC2)nc(C=Nc2c(C3CCCCC3)cc(C3CCCCC3)cc2C2CCCCC2)c1.[Cl-].[Cl-].[Cl-].[Fe+3]. The maximum Gasteiger partial charge on any atom is 3.00 e. The Morgan fingerprint density at radius 3 is 0.857 bits per heavy atom. The molecule has 6 aliphatic carbocycles. The van der Waals surface area contributed by atoms with E-state index < -0.39 is 0 Å². The van der Waals surface area contributed by atoms with Gasteiger partial charge < -0.3 is 37.2 Å². The van der Waals surface area contributed by atoms with Crippen molar-refractivity contribution in [2.75, 3.05) is 0 Å². The molecule has 0 spiro atoms. The van der Waals surface area contributed by atoms with Crippen molar-refractivity contribution in [2.45, 2.75) is 235 Å². The molecule has 1 radical (unpaired) electrons. The summed E-state index contributed by atoms with van der Waals surface area (Å²) in [6.45, 7) is 2.23. The monoisotopic (exact) mass is 952 g/mol. The molecule has 6 aliphatic rings. The van der Waals surface area contributed by atoms with Gasteiger partial charge in [-0.25, -0.2) is 4.98 Å². The minimum Gasteiger partial charge on any atom is -1.00 e. The number of aryl methyl sites for hydroxylation is 1. The van der Waals surface area contributed by atoms with E-state index in [1.165, 1.54) is 210 Å². The Labute approximate surface area is 412 Å². The van der Waals surface area contributed by atoms with Gasteiger partial charge in [0, 0.05) is 0 Å². The number of aromatic nitrogens is 1. The van der Waals surface area contributed by atoms with Crippen molar-refractivity contribution in [3.8, 4) is 0 Å². The summed E-state index contributed by atoms with van der Waals surface area (Å²) in [5, 5.41) is 0. The average molecular weight is 954 g/mol. The molecule has 2 aromatic carbocycles. The van der Waals surface area contributed by atoms with Crippen LogP contribution in [0, 0.1) is 6.92 Å². The van der Waals surface area contributed by atoms with Gasteiger partial charge in [-0.05, 0) is 171 Å². The second-order valence-corrected chi connectivity index (χ2v) is 20.6. The van der Waals surface area contributed by atoms with E-state index in [0.29, 0.717) is 23.7 Å². The topological polar surface area (TPSA) is 37.6 Å². The van der Waals surface area contributed by atoms with Crippen molar-refractivity contribution in [1.29, 1.82) is 0 Å². The quantitative estimate of drug-likeness (QED) is 0.149. The summed E-state index contributed by atoms with van der Waals surface area (Å²) in [5.74, 6) is 4.00. The Morgan fingerprint density at radius 2 is 0.603 bits per heavy atom. The number of halogens is 3. The zero-order valence-electron chi connectivity index (χ0n) is 38.6. The van der Waals surface area contributed by atoms with Crippen LogP contribution in [0.5, 0.6) is 0 Å². The Hall–Kier alpha value is -1.68. The minimum atomic E-state index is 0. The molecule has 3 nitrogen and oxygen atoms in total. The number of rotatable bonds is 10. The zero-order valence-corrected chi connectivity index (χ0v) is 42.0. The van der Waals surface area contributed by atoms with Crippen LogP contribution in [0.4, 0.5) is 11.4 Å². The molecule has 9 rings (SSSR count). The third-order valence-electron chi connectivity index (χ3n) is 16.4. The molecule has 6 fully saturated rings. The predicted molar refractivity (Wildman–Crippen MR) is 251 cm³/mol. The summed E-state index contributed by atoms with van der Waals surface area (Å²) in [5.41, 5.74) is 15.4. The normalized spacial score (nSPS) is 21.7. The summed E-state index contributed by atoms with van der Waals surface area (Å²) in [7, 11) is 0. The van der Waals surface area contributed by atoms with E-state index in [-0.39, 0.29) is 54.3 Å². The van der Waals surface area contributed by atoms with Crippen molar-refractivity contribution in [2.24, 2.45) is 9.98 Å². The van der Waals surface area contributed by atoms with E-state index in [2.05, 4.69) is 55.8 Å². The molecular weight excluding hydrogens is 877 g/mol. The standard InChI is InChI=1S/C56H77N3.3ClH.Fe/c1-40-32-49(38-57-55-51(43-24-12-4-13-25-43)34-47(41-20-8-2-9-21-41)35-52(55)44-26-14-5-15-27-44)59-50(33-40)39-58-56-53(45-28-16-6-17-29-45)36-48(42-22-10-3-11-23-42)37-54(56)46-30-18-7-19-31-46;;;;/h32-39,41-46H,2-31H2,1H3;3*1H;/q;;;;+3/p-3. The molecule has 1 aromatic heterocycles. The third kappa shape index (κ3) is 13.3. The van der Waals surface area contributed by atoms with Crippen LogP contribution in [0.1, 0.15) is 278 Å². The van der Waals surface area contributed by atoms with Crippen molar-refractivity contribution in [1.82, 2.24) is 4.98 Å². The van der Waals surface area contributed by atoms with E-state index in [4.69, 9.17) is 15.0 Å². The number of hydrogen-bond acceptors (Lipinski definition) is 3. The molecule has 63 heavy (non-hydrogen) atoms. The molecule has 0 unspecified atom stereocenters. The van der Waals surface area contributed by atoms with Gasteiger partial charge in [0.15, 0.2) is 0 Å². The van der Waals surface area contributed by atoms with Crippen LogP contribution in [-0.2, 0) is 17.1 Å². The molecule has 0 saturated heterocycles. The van der Waals surface area contributed by atoms with Crippen LogP contribution in [0.3, 0.4) is 0 Å². The van der Waals surface area contributed by atoms with Gasteiger partial charge in [-0.1, -0.05) is 140 Å². The number of aliphatic imine (C=N–C) groups is 2. The smallest absolute Gasteiger partial charge is 1.00 e. The molecule has 3 aromatic rings. The Kier molecular flexibility index (Phi) is 21.6. The molecular formula is C56H77Cl3FeN3. The first-order chi connectivity index (χ1) is 29.2. The van der Waals surface area contributed by atoms with Gasteiger partial charge in [-0.15, -0.1) is 0 Å². The minimum absolute atomic E-state index is 0. The van der Waals surface area contributed by atoms with Gasteiger partial charge in [0.05, 0.1) is 35.2 Å². The summed E-state index contributed by atoms with van der Waals surface area (Å²) in [6, 6.07) is 15.2. The van der Waals surface area contributed by atoms with Gasteiger partial charge in [0.2, 0.25) is 0 Å². The molecule has 1 heterocycles. The maximum absolute atomic E-state index is 5.59. The van der Waals surface area contributed by atoms with E-state index in [1.54, 1.807) is 33.4 Å². The summed E-state index contributed by atoms with van der Waals surface area (Å²) >= 11 is 0.